The van der Waals surface area contributed by atoms with E-state index in [1.807, 2.05) is 0 Å². The Balaban J connectivity index is 0.000000640. The molecule has 0 N–H and O–H groups in total. The van der Waals surface area contributed by atoms with Crippen molar-refractivity contribution < 1.29 is 21.6 Å². The van der Waals surface area contributed by atoms with Gasteiger partial charge in [-0.15, -0.1) is 0 Å². The molecule has 9 heavy (non-hydrogen) atoms. The number of carbonyl (C=O) groups is 1. The Bertz CT molecular complexity index is 124. The van der Waals surface area contributed by atoms with Crippen LogP contribution >= 0.6 is 0 Å². The minimum Gasteiger partial charge on any atom is -0.320 e. The van der Waals surface area contributed by atoms with E-state index in [1.165, 1.54) is 0 Å². The summed E-state index contributed by atoms with van der Waals surface area (Å²) in [7, 11) is 0. The normalized spacial score (nSPS) is 17.3. The van der Waals surface area contributed by atoms with Gasteiger partial charge in [0, 0.05) is 29.7 Å². The molecule has 2 nitrogen and oxygen atoms in total. The molecule has 3 heteroatoms. The van der Waals surface area contributed by atoms with Crippen LogP contribution in [0.1, 0.15) is 12.8 Å². The van der Waals surface area contributed by atoms with Gasteiger partial charge in [0.1, 0.15) is 0 Å². The van der Waals surface area contributed by atoms with E-state index in [0.29, 0.717) is 6.42 Å². The average Bonchev–Trinajstić information content (AvgIpc) is 2.14. The maximum Gasteiger partial charge on any atom is 0.226 e. The molecular formula is C6H9CoNO. The van der Waals surface area contributed by atoms with Gasteiger partial charge < -0.3 is 4.90 Å². The van der Waals surface area contributed by atoms with Crippen LogP contribution in [0.3, 0.4) is 0 Å². The van der Waals surface area contributed by atoms with Crippen molar-refractivity contribution in [2.24, 2.45) is 0 Å². The SMILES string of the molecule is C=CN1CCCC1=O.[Co]. The van der Waals surface area contributed by atoms with Crippen LogP contribution in [0.4, 0.5) is 0 Å². The van der Waals surface area contributed by atoms with Gasteiger partial charge in [-0.2, -0.15) is 0 Å². The summed E-state index contributed by atoms with van der Waals surface area (Å²) < 4.78 is 0. The van der Waals surface area contributed by atoms with Gasteiger partial charge in [-0.1, -0.05) is 6.58 Å². The molecule has 1 rings (SSSR count). The number of amides is 1. The summed E-state index contributed by atoms with van der Waals surface area (Å²) in [6.07, 6.45) is 3.28. The van der Waals surface area contributed by atoms with Crippen molar-refractivity contribution >= 4 is 5.91 Å². The van der Waals surface area contributed by atoms with E-state index in [2.05, 4.69) is 6.58 Å². The smallest absolute Gasteiger partial charge is 0.226 e. The fourth-order valence-electron chi connectivity index (χ4n) is 0.862. The molecule has 1 aliphatic rings. The summed E-state index contributed by atoms with van der Waals surface area (Å²) in [5.74, 6) is 0.208. The van der Waals surface area contributed by atoms with Crippen LogP contribution in [0.15, 0.2) is 12.8 Å². The van der Waals surface area contributed by atoms with E-state index in [-0.39, 0.29) is 22.7 Å². The molecule has 0 unspecified atom stereocenters. The largest absolute Gasteiger partial charge is 0.320 e. The molecule has 53 valence electrons. The van der Waals surface area contributed by atoms with Gasteiger partial charge in [-0.25, -0.2) is 0 Å². The second kappa shape index (κ2) is 3.69. The number of rotatable bonds is 1. The molecule has 1 amide bonds. The predicted octanol–water partition coefficient (Wildman–Crippen LogP) is 0.750. The van der Waals surface area contributed by atoms with Crippen LogP contribution in [0, 0.1) is 0 Å². The van der Waals surface area contributed by atoms with Gasteiger partial charge >= 0.3 is 0 Å². The zero-order valence-corrected chi connectivity index (χ0v) is 6.14. The number of likely N-dealkylation sites (tertiary alicyclic amines) is 1. The van der Waals surface area contributed by atoms with Gasteiger partial charge in [0.05, 0.1) is 0 Å². The number of nitrogens with zero attached hydrogens (tertiary/aromatic N) is 1. The van der Waals surface area contributed by atoms with Gasteiger partial charge in [0.15, 0.2) is 0 Å². The van der Waals surface area contributed by atoms with Crippen molar-refractivity contribution in [3.05, 3.63) is 12.8 Å². The molecule has 1 aliphatic heterocycles. The molecule has 0 aromatic rings. The van der Waals surface area contributed by atoms with Crippen LogP contribution in [-0.2, 0) is 21.6 Å². The fraction of sp³-hybridized carbons (Fsp3) is 0.500. The van der Waals surface area contributed by atoms with Crippen LogP contribution in [0.2, 0.25) is 0 Å². The number of carbonyl (C=O) groups excluding carboxylic acids is 1. The van der Waals surface area contributed by atoms with E-state index in [1.54, 1.807) is 11.1 Å². The number of hydrogen-bond acceptors (Lipinski definition) is 1. The van der Waals surface area contributed by atoms with Gasteiger partial charge in [0.2, 0.25) is 5.91 Å². The van der Waals surface area contributed by atoms with Crippen LogP contribution in [0.5, 0.6) is 0 Å². The average molecular weight is 170 g/mol. The van der Waals surface area contributed by atoms with E-state index in [9.17, 15) is 4.79 Å². The maximum atomic E-state index is 10.7. The molecule has 0 aliphatic carbocycles. The topological polar surface area (TPSA) is 20.3 Å². The third-order valence-corrected chi connectivity index (χ3v) is 1.33. The second-order valence-corrected chi connectivity index (χ2v) is 1.87. The minimum absolute atomic E-state index is 0. The van der Waals surface area contributed by atoms with Crippen molar-refractivity contribution in [1.29, 1.82) is 0 Å². The summed E-state index contributed by atoms with van der Waals surface area (Å²) in [5, 5.41) is 0. The molecule has 1 radical (unpaired) electrons. The van der Waals surface area contributed by atoms with Crippen molar-refractivity contribution in [2.75, 3.05) is 6.54 Å². The minimum atomic E-state index is 0. The molecule has 1 saturated heterocycles. The van der Waals surface area contributed by atoms with Crippen LogP contribution in [0.25, 0.3) is 0 Å². The predicted molar refractivity (Wildman–Crippen MR) is 31.1 cm³/mol. The Morgan fingerprint density at radius 3 is 2.56 bits per heavy atom. The molecule has 0 atom stereocenters. The number of hydrogen-bond donors (Lipinski definition) is 0. The molecule has 1 heterocycles. The standard InChI is InChI=1S/C6H9NO.Co/c1-2-7-5-3-4-6(7)8;/h2H,1,3-5H2;. The van der Waals surface area contributed by atoms with E-state index in [0.717, 1.165) is 13.0 Å². The summed E-state index contributed by atoms with van der Waals surface area (Å²) in [6.45, 7) is 4.36. The Labute approximate surface area is 65.1 Å². The van der Waals surface area contributed by atoms with Gasteiger partial charge in [-0.3, -0.25) is 4.79 Å². The molecular weight excluding hydrogens is 161 g/mol. The van der Waals surface area contributed by atoms with Crippen LogP contribution < -0.4 is 0 Å². The van der Waals surface area contributed by atoms with E-state index < -0.39 is 0 Å². The van der Waals surface area contributed by atoms with Crippen molar-refractivity contribution in [3.63, 3.8) is 0 Å². The molecule has 0 spiro atoms. The third-order valence-electron chi connectivity index (χ3n) is 1.33. The van der Waals surface area contributed by atoms with Gasteiger partial charge in [0.25, 0.3) is 0 Å². The third kappa shape index (κ3) is 1.84. The molecule has 0 saturated carbocycles. The van der Waals surface area contributed by atoms with Gasteiger partial charge in [-0.05, 0) is 12.6 Å². The molecule has 0 aromatic heterocycles. The Morgan fingerprint density at radius 1 is 1.67 bits per heavy atom. The maximum absolute atomic E-state index is 10.7. The summed E-state index contributed by atoms with van der Waals surface area (Å²) in [4.78, 5) is 12.3. The quantitative estimate of drug-likeness (QED) is 0.568. The van der Waals surface area contributed by atoms with E-state index >= 15 is 0 Å². The van der Waals surface area contributed by atoms with E-state index in [4.69, 9.17) is 0 Å². The first-order valence-electron chi connectivity index (χ1n) is 2.76. The Hall–Kier alpha value is -0.284. The molecule has 1 fully saturated rings. The molecule has 0 bridgehead atoms. The van der Waals surface area contributed by atoms with Crippen molar-refractivity contribution in [1.82, 2.24) is 4.90 Å². The summed E-state index contributed by atoms with van der Waals surface area (Å²) in [5.41, 5.74) is 0. The Kier molecular flexibility index (Phi) is 3.57. The summed E-state index contributed by atoms with van der Waals surface area (Å²) in [6, 6.07) is 0. The summed E-state index contributed by atoms with van der Waals surface area (Å²) >= 11 is 0. The second-order valence-electron chi connectivity index (χ2n) is 1.87. The molecule has 0 aromatic carbocycles. The van der Waals surface area contributed by atoms with Crippen molar-refractivity contribution in [2.45, 2.75) is 12.8 Å². The monoisotopic (exact) mass is 170 g/mol. The first kappa shape index (κ1) is 8.72. The van der Waals surface area contributed by atoms with Crippen molar-refractivity contribution in [3.8, 4) is 0 Å². The first-order valence-corrected chi connectivity index (χ1v) is 2.76. The van der Waals surface area contributed by atoms with Crippen LogP contribution in [-0.4, -0.2) is 17.4 Å². The zero-order chi connectivity index (χ0) is 5.98. The zero-order valence-electron chi connectivity index (χ0n) is 5.09. The fourth-order valence-corrected chi connectivity index (χ4v) is 0.862. The first-order chi connectivity index (χ1) is 3.84. The Morgan fingerprint density at radius 2 is 2.33 bits per heavy atom.